The molecule has 0 bridgehead atoms. The van der Waals surface area contributed by atoms with Gasteiger partial charge in [-0.15, -0.1) is 0 Å². The van der Waals surface area contributed by atoms with Crippen LogP contribution in [0.5, 0.6) is 0 Å². The Bertz CT molecular complexity index is 545. The van der Waals surface area contributed by atoms with Crippen LogP contribution in [0, 0.1) is 6.92 Å². The van der Waals surface area contributed by atoms with Crippen molar-refractivity contribution in [3.05, 3.63) is 53.6 Å². The molecule has 0 saturated carbocycles. The monoisotopic (exact) mass is 240 g/mol. The van der Waals surface area contributed by atoms with Crippen molar-refractivity contribution in [1.29, 1.82) is 0 Å². The van der Waals surface area contributed by atoms with Crippen molar-refractivity contribution in [3.8, 4) is 0 Å². The first-order valence-corrected chi connectivity index (χ1v) is 6.30. The van der Waals surface area contributed by atoms with Crippen molar-refractivity contribution in [2.75, 3.05) is 11.1 Å². The zero-order chi connectivity index (χ0) is 13.1. The number of hydrogen-bond acceptors (Lipinski definition) is 2. The second-order valence-electron chi connectivity index (χ2n) is 4.94. The molecule has 2 heteroatoms. The highest BCUT2D eigenvalue weighted by Crippen LogP contribution is 2.29. The molecule has 94 valence electrons. The lowest BCUT2D eigenvalue weighted by atomic mass is 10.0. The fourth-order valence-corrected chi connectivity index (χ4v) is 2.03. The van der Waals surface area contributed by atoms with E-state index in [1.807, 2.05) is 18.2 Å². The summed E-state index contributed by atoms with van der Waals surface area (Å²) in [5.41, 5.74) is 11.4. The van der Waals surface area contributed by atoms with E-state index in [0.29, 0.717) is 5.92 Å². The molecule has 0 aliphatic heterocycles. The van der Waals surface area contributed by atoms with E-state index < -0.39 is 0 Å². The maximum absolute atomic E-state index is 5.84. The Morgan fingerprint density at radius 2 is 1.72 bits per heavy atom. The number of nitrogens with one attached hydrogen (secondary N) is 1. The third kappa shape index (κ3) is 2.65. The molecule has 0 aliphatic carbocycles. The fraction of sp³-hybridized carbons (Fsp3) is 0.250. The predicted molar refractivity (Wildman–Crippen MR) is 79.4 cm³/mol. The van der Waals surface area contributed by atoms with Gasteiger partial charge >= 0.3 is 0 Å². The lowest BCUT2D eigenvalue weighted by molar-refractivity contribution is 0.869. The molecular weight excluding hydrogens is 220 g/mol. The van der Waals surface area contributed by atoms with Crippen molar-refractivity contribution in [1.82, 2.24) is 0 Å². The lowest BCUT2D eigenvalue weighted by Gasteiger charge is -2.16. The highest BCUT2D eigenvalue weighted by molar-refractivity contribution is 5.69. The molecular formula is C16H20N2. The predicted octanol–water partition coefficient (Wildman–Crippen LogP) is 4.44. The smallest absolute Gasteiger partial charge is 0.0434 e. The minimum atomic E-state index is 0.495. The standard InChI is InChI=1S/C16H20N2/c1-11(2)14-6-4-5-7-15(14)18-16-10-13(17)9-8-12(16)3/h4-11,18H,17H2,1-3H3. The van der Waals surface area contributed by atoms with Crippen LogP contribution in [-0.4, -0.2) is 0 Å². The minimum absolute atomic E-state index is 0.495. The van der Waals surface area contributed by atoms with Crippen molar-refractivity contribution >= 4 is 17.1 Å². The molecule has 18 heavy (non-hydrogen) atoms. The van der Waals surface area contributed by atoms with Gasteiger partial charge in [-0.25, -0.2) is 0 Å². The number of nitrogens with two attached hydrogens (primary N) is 1. The second-order valence-corrected chi connectivity index (χ2v) is 4.94. The van der Waals surface area contributed by atoms with Crippen LogP contribution in [0.2, 0.25) is 0 Å². The molecule has 0 aliphatic rings. The van der Waals surface area contributed by atoms with Crippen molar-refractivity contribution in [2.24, 2.45) is 0 Å². The van der Waals surface area contributed by atoms with E-state index in [2.05, 4.69) is 50.4 Å². The van der Waals surface area contributed by atoms with E-state index in [-0.39, 0.29) is 0 Å². The maximum atomic E-state index is 5.84. The van der Waals surface area contributed by atoms with Crippen LogP contribution in [0.1, 0.15) is 30.9 Å². The van der Waals surface area contributed by atoms with Gasteiger partial charge in [-0.05, 0) is 42.2 Å². The molecule has 2 nitrogen and oxygen atoms in total. The van der Waals surface area contributed by atoms with Crippen LogP contribution in [0.25, 0.3) is 0 Å². The van der Waals surface area contributed by atoms with E-state index in [1.165, 1.54) is 11.1 Å². The normalized spacial score (nSPS) is 10.7. The highest BCUT2D eigenvalue weighted by Gasteiger charge is 2.07. The van der Waals surface area contributed by atoms with E-state index in [9.17, 15) is 0 Å². The zero-order valence-corrected chi connectivity index (χ0v) is 11.2. The number of benzene rings is 2. The van der Waals surface area contributed by atoms with Crippen molar-refractivity contribution in [2.45, 2.75) is 26.7 Å². The molecule has 2 aromatic rings. The summed E-state index contributed by atoms with van der Waals surface area (Å²) in [6.45, 7) is 6.49. The van der Waals surface area contributed by atoms with E-state index in [4.69, 9.17) is 5.73 Å². The molecule has 2 rings (SSSR count). The summed E-state index contributed by atoms with van der Waals surface area (Å²) in [7, 11) is 0. The van der Waals surface area contributed by atoms with Gasteiger partial charge < -0.3 is 11.1 Å². The topological polar surface area (TPSA) is 38.0 Å². The molecule has 0 heterocycles. The van der Waals surface area contributed by atoms with Crippen LogP contribution in [0.4, 0.5) is 17.1 Å². The molecule has 0 fully saturated rings. The summed E-state index contributed by atoms with van der Waals surface area (Å²) in [5, 5.41) is 3.48. The fourth-order valence-electron chi connectivity index (χ4n) is 2.03. The van der Waals surface area contributed by atoms with Crippen LogP contribution in [0.15, 0.2) is 42.5 Å². The summed E-state index contributed by atoms with van der Waals surface area (Å²) >= 11 is 0. The minimum Gasteiger partial charge on any atom is -0.399 e. The number of para-hydroxylation sites is 1. The van der Waals surface area contributed by atoms with E-state index in [0.717, 1.165) is 17.1 Å². The number of aryl methyl sites for hydroxylation is 1. The van der Waals surface area contributed by atoms with Gasteiger partial charge in [0.05, 0.1) is 0 Å². The molecule has 0 amide bonds. The maximum Gasteiger partial charge on any atom is 0.0434 e. The largest absolute Gasteiger partial charge is 0.399 e. The first-order chi connectivity index (χ1) is 8.58. The molecule has 2 aromatic carbocycles. The summed E-state index contributed by atoms with van der Waals surface area (Å²) in [6, 6.07) is 14.3. The Hall–Kier alpha value is -1.96. The average Bonchev–Trinajstić information content (AvgIpc) is 2.34. The Labute approximate surface area is 109 Å². The number of nitrogen functional groups attached to an aromatic ring is 1. The van der Waals surface area contributed by atoms with Gasteiger partial charge in [0.2, 0.25) is 0 Å². The van der Waals surface area contributed by atoms with E-state index in [1.54, 1.807) is 0 Å². The molecule has 0 unspecified atom stereocenters. The summed E-state index contributed by atoms with van der Waals surface area (Å²) in [5.74, 6) is 0.495. The third-order valence-corrected chi connectivity index (χ3v) is 3.11. The molecule has 0 aromatic heterocycles. The Morgan fingerprint density at radius 3 is 2.44 bits per heavy atom. The average molecular weight is 240 g/mol. The second kappa shape index (κ2) is 5.13. The molecule has 0 radical (unpaired) electrons. The first kappa shape index (κ1) is 12.5. The third-order valence-electron chi connectivity index (χ3n) is 3.11. The Morgan fingerprint density at radius 1 is 1.00 bits per heavy atom. The molecule has 0 atom stereocenters. The van der Waals surface area contributed by atoms with Gasteiger partial charge in [-0.3, -0.25) is 0 Å². The number of hydrogen-bond donors (Lipinski definition) is 2. The van der Waals surface area contributed by atoms with Crippen LogP contribution in [-0.2, 0) is 0 Å². The Balaban J connectivity index is 2.37. The van der Waals surface area contributed by atoms with Crippen LogP contribution < -0.4 is 11.1 Å². The van der Waals surface area contributed by atoms with Crippen LogP contribution in [0.3, 0.4) is 0 Å². The quantitative estimate of drug-likeness (QED) is 0.778. The van der Waals surface area contributed by atoms with Crippen molar-refractivity contribution in [3.63, 3.8) is 0 Å². The van der Waals surface area contributed by atoms with Gasteiger partial charge in [0.15, 0.2) is 0 Å². The SMILES string of the molecule is Cc1ccc(N)cc1Nc1ccccc1C(C)C. The van der Waals surface area contributed by atoms with E-state index >= 15 is 0 Å². The number of anilines is 3. The van der Waals surface area contributed by atoms with Gasteiger partial charge in [-0.1, -0.05) is 38.1 Å². The van der Waals surface area contributed by atoms with Gasteiger partial charge in [0.1, 0.15) is 0 Å². The van der Waals surface area contributed by atoms with Gasteiger partial charge in [0, 0.05) is 17.1 Å². The summed E-state index contributed by atoms with van der Waals surface area (Å²) in [6.07, 6.45) is 0. The first-order valence-electron chi connectivity index (χ1n) is 6.30. The summed E-state index contributed by atoms with van der Waals surface area (Å²) < 4.78 is 0. The number of rotatable bonds is 3. The van der Waals surface area contributed by atoms with Gasteiger partial charge in [0.25, 0.3) is 0 Å². The summed E-state index contributed by atoms with van der Waals surface area (Å²) in [4.78, 5) is 0. The lowest BCUT2D eigenvalue weighted by Crippen LogP contribution is -1.99. The Kier molecular flexibility index (Phi) is 3.56. The molecule has 3 N–H and O–H groups in total. The van der Waals surface area contributed by atoms with Crippen molar-refractivity contribution < 1.29 is 0 Å². The van der Waals surface area contributed by atoms with Gasteiger partial charge in [-0.2, -0.15) is 0 Å². The zero-order valence-electron chi connectivity index (χ0n) is 11.2. The molecule has 0 spiro atoms. The molecule has 0 saturated heterocycles. The highest BCUT2D eigenvalue weighted by atomic mass is 14.9. The van der Waals surface area contributed by atoms with Crippen LogP contribution >= 0.6 is 0 Å².